The number of hydrogen-bond acceptors (Lipinski definition) is 5. The van der Waals surface area contributed by atoms with E-state index >= 15 is 0 Å². The second kappa shape index (κ2) is 4.17. The van der Waals surface area contributed by atoms with Gasteiger partial charge in [-0.25, -0.2) is 0 Å². The Morgan fingerprint density at radius 2 is 1.21 bits per heavy atom. The highest BCUT2D eigenvalue weighted by molar-refractivity contribution is 7.86. The molecule has 0 aromatic heterocycles. The van der Waals surface area contributed by atoms with Gasteiger partial charge in [0.25, 0.3) is 20.2 Å². The van der Waals surface area contributed by atoms with E-state index in [-0.39, 0.29) is 16.5 Å². The fraction of sp³-hybridized carbons (Fsp3) is 0. The molecule has 102 valence electrons. The largest absolute Gasteiger partial charge is 0.508 e. The summed E-state index contributed by atoms with van der Waals surface area (Å²) in [5.74, 6) is -0.315. The summed E-state index contributed by atoms with van der Waals surface area (Å²) in [4.78, 5) is -1.08. The van der Waals surface area contributed by atoms with Crippen molar-refractivity contribution in [3.05, 3.63) is 30.3 Å². The van der Waals surface area contributed by atoms with Crippen molar-refractivity contribution in [1.29, 1.82) is 0 Å². The average molecular weight is 304 g/mol. The van der Waals surface area contributed by atoms with Crippen molar-refractivity contribution in [2.24, 2.45) is 0 Å². The smallest absolute Gasteiger partial charge is 0.295 e. The van der Waals surface area contributed by atoms with Crippen LogP contribution in [0.3, 0.4) is 0 Å². The van der Waals surface area contributed by atoms with Gasteiger partial charge in [-0.15, -0.1) is 0 Å². The standard InChI is InChI=1S/C10H8O7S2/c11-6-1-2-7-8(5-6)10(19(15,16)17)4-3-9(7)18(12,13)14/h1-5,11H,(H,12,13,14)(H,15,16,17). The van der Waals surface area contributed by atoms with E-state index in [9.17, 15) is 21.9 Å². The lowest BCUT2D eigenvalue weighted by Crippen LogP contribution is -2.03. The number of aromatic hydroxyl groups is 1. The van der Waals surface area contributed by atoms with Crippen molar-refractivity contribution in [3.63, 3.8) is 0 Å². The van der Waals surface area contributed by atoms with E-state index in [1.165, 1.54) is 0 Å². The van der Waals surface area contributed by atoms with Crippen LogP contribution in [-0.4, -0.2) is 31.0 Å². The highest BCUT2D eigenvalue weighted by Crippen LogP contribution is 2.31. The number of phenolic OH excluding ortho intramolecular Hbond substituents is 1. The maximum Gasteiger partial charge on any atom is 0.295 e. The van der Waals surface area contributed by atoms with Gasteiger partial charge in [-0.1, -0.05) is 0 Å². The first-order valence-electron chi connectivity index (χ1n) is 4.81. The summed E-state index contributed by atoms with van der Waals surface area (Å²) in [5, 5.41) is 8.99. The quantitative estimate of drug-likeness (QED) is 0.707. The van der Waals surface area contributed by atoms with Gasteiger partial charge in [0, 0.05) is 10.8 Å². The Balaban J connectivity index is 3.05. The van der Waals surface area contributed by atoms with Crippen molar-refractivity contribution < 1.29 is 31.0 Å². The Kier molecular flexibility index (Phi) is 3.01. The van der Waals surface area contributed by atoms with Crippen molar-refractivity contribution >= 4 is 31.0 Å². The predicted molar refractivity (Wildman–Crippen MR) is 65.2 cm³/mol. The molecule has 0 aliphatic carbocycles. The summed E-state index contributed by atoms with van der Waals surface area (Å²) in [7, 11) is -9.16. The molecule has 0 aliphatic heterocycles. The summed E-state index contributed by atoms with van der Waals surface area (Å²) in [6, 6.07) is 4.93. The minimum Gasteiger partial charge on any atom is -0.508 e. The molecule has 0 heterocycles. The van der Waals surface area contributed by atoms with Crippen molar-refractivity contribution in [2.45, 2.75) is 9.79 Å². The third-order valence-corrected chi connectivity index (χ3v) is 4.30. The van der Waals surface area contributed by atoms with Crippen LogP contribution in [0.1, 0.15) is 0 Å². The van der Waals surface area contributed by atoms with Crippen LogP contribution >= 0.6 is 0 Å². The summed E-state index contributed by atoms with van der Waals surface area (Å²) in [5.41, 5.74) is 0. The summed E-state index contributed by atoms with van der Waals surface area (Å²) in [6.45, 7) is 0. The SMILES string of the molecule is O=S(=O)(O)c1ccc(S(=O)(=O)O)c2cc(O)ccc12. The van der Waals surface area contributed by atoms with Crippen LogP contribution in [-0.2, 0) is 20.2 Å². The van der Waals surface area contributed by atoms with E-state index in [1.807, 2.05) is 0 Å². The van der Waals surface area contributed by atoms with Gasteiger partial charge in [-0.3, -0.25) is 9.11 Å². The van der Waals surface area contributed by atoms with Gasteiger partial charge in [0.15, 0.2) is 0 Å². The third-order valence-electron chi connectivity index (χ3n) is 2.48. The molecule has 0 atom stereocenters. The molecule has 0 saturated carbocycles. The topological polar surface area (TPSA) is 129 Å². The number of hydrogen-bond donors (Lipinski definition) is 3. The average Bonchev–Trinajstić information content (AvgIpc) is 2.24. The van der Waals surface area contributed by atoms with Gasteiger partial charge >= 0.3 is 0 Å². The summed E-state index contributed by atoms with van der Waals surface area (Å²) < 4.78 is 62.8. The molecular weight excluding hydrogens is 296 g/mol. The van der Waals surface area contributed by atoms with Crippen LogP contribution in [0.15, 0.2) is 40.1 Å². The maximum atomic E-state index is 11.2. The zero-order valence-corrected chi connectivity index (χ0v) is 10.8. The molecule has 2 aromatic carbocycles. The van der Waals surface area contributed by atoms with E-state index in [0.29, 0.717) is 0 Å². The van der Waals surface area contributed by atoms with Crippen LogP contribution in [0.25, 0.3) is 10.8 Å². The Bertz CT molecular complexity index is 866. The molecule has 0 radical (unpaired) electrons. The first-order chi connectivity index (χ1) is 8.60. The molecule has 19 heavy (non-hydrogen) atoms. The monoisotopic (exact) mass is 304 g/mol. The molecule has 2 aromatic rings. The minimum absolute atomic E-state index is 0.129. The molecule has 3 N–H and O–H groups in total. The fourth-order valence-corrected chi connectivity index (χ4v) is 3.11. The van der Waals surface area contributed by atoms with E-state index < -0.39 is 30.0 Å². The first kappa shape index (κ1) is 13.7. The molecule has 2 rings (SSSR count). The lowest BCUT2D eigenvalue weighted by Gasteiger charge is -2.08. The third kappa shape index (κ3) is 2.54. The van der Waals surface area contributed by atoms with Crippen LogP contribution in [0.4, 0.5) is 0 Å². The summed E-state index contributed by atoms with van der Waals surface area (Å²) >= 11 is 0. The van der Waals surface area contributed by atoms with Gasteiger partial charge in [0.1, 0.15) is 15.5 Å². The van der Waals surface area contributed by atoms with Crippen LogP contribution < -0.4 is 0 Å². The van der Waals surface area contributed by atoms with E-state index in [0.717, 1.165) is 30.3 Å². The van der Waals surface area contributed by atoms with Crippen molar-refractivity contribution in [2.75, 3.05) is 0 Å². The maximum absolute atomic E-state index is 11.2. The second-order valence-corrected chi connectivity index (χ2v) is 6.52. The van der Waals surface area contributed by atoms with Gasteiger partial charge in [-0.05, 0) is 30.3 Å². The number of rotatable bonds is 2. The van der Waals surface area contributed by atoms with E-state index in [1.54, 1.807) is 0 Å². The zero-order chi connectivity index (χ0) is 14.4. The number of phenols is 1. The fourth-order valence-electron chi connectivity index (χ4n) is 1.73. The molecule has 0 unspecified atom stereocenters. The summed E-state index contributed by atoms with van der Waals surface area (Å²) in [6.07, 6.45) is 0. The van der Waals surface area contributed by atoms with E-state index in [4.69, 9.17) is 9.11 Å². The van der Waals surface area contributed by atoms with Crippen molar-refractivity contribution in [1.82, 2.24) is 0 Å². The molecule has 0 amide bonds. The van der Waals surface area contributed by atoms with Gasteiger partial charge < -0.3 is 5.11 Å². The highest BCUT2D eigenvalue weighted by atomic mass is 32.2. The minimum atomic E-state index is -4.60. The van der Waals surface area contributed by atoms with Crippen molar-refractivity contribution in [3.8, 4) is 5.75 Å². The first-order valence-corrected chi connectivity index (χ1v) is 7.69. The second-order valence-electron chi connectivity index (χ2n) is 3.74. The molecule has 9 heteroatoms. The lowest BCUT2D eigenvalue weighted by molar-refractivity contribution is 0.474. The van der Waals surface area contributed by atoms with Crippen LogP contribution in [0, 0.1) is 0 Å². The van der Waals surface area contributed by atoms with Crippen LogP contribution in [0.2, 0.25) is 0 Å². The Labute approximate surface area is 108 Å². The number of fused-ring (bicyclic) bond motifs is 1. The Morgan fingerprint density at radius 3 is 1.68 bits per heavy atom. The van der Waals surface area contributed by atoms with Crippen LogP contribution in [0.5, 0.6) is 5.75 Å². The van der Waals surface area contributed by atoms with Gasteiger partial charge in [-0.2, -0.15) is 16.8 Å². The molecule has 7 nitrogen and oxygen atoms in total. The number of benzene rings is 2. The zero-order valence-electron chi connectivity index (χ0n) is 9.18. The molecule has 0 fully saturated rings. The lowest BCUT2D eigenvalue weighted by atomic mass is 10.1. The molecular formula is C10H8O7S2. The predicted octanol–water partition coefficient (Wildman–Crippen LogP) is 1.04. The molecule has 0 spiro atoms. The van der Waals surface area contributed by atoms with Gasteiger partial charge in [0.05, 0.1) is 0 Å². The normalized spacial score (nSPS) is 12.7. The Hall–Kier alpha value is -1.68. The Morgan fingerprint density at radius 1 is 0.737 bits per heavy atom. The molecule has 0 aliphatic rings. The van der Waals surface area contributed by atoms with Gasteiger partial charge in [0.2, 0.25) is 0 Å². The van der Waals surface area contributed by atoms with E-state index in [2.05, 4.69) is 0 Å². The molecule has 0 bridgehead atoms. The molecule has 0 saturated heterocycles. The highest BCUT2D eigenvalue weighted by Gasteiger charge is 2.21.